The second-order valence-corrected chi connectivity index (χ2v) is 12.5. The molecule has 0 saturated carbocycles. The number of rotatable bonds is 6. The van der Waals surface area contributed by atoms with E-state index in [9.17, 15) is 0 Å². The van der Waals surface area contributed by atoms with Crippen molar-refractivity contribution in [3.05, 3.63) is 24.6 Å². The monoisotopic (exact) mass is 288 g/mol. The summed E-state index contributed by atoms with van der Waals surface area (Å²) in [6.07, 6.45) is 1.03. The Morgan fingerprint density at radius 1 is 0.944 bits per heavy atom. The highest BCUT2D eigenvalue weighted by Gasteiger charge is 2.70. The van der Waals surface area contributed by atoms with Gasteiger partial charge in [-0.05, 0) is 12.1 Å². The molecule has 0 radical (unpaired) electrons. The molecule has 0 bridgehead atoms. The average Bonchev–Trinajstić information content (AvgIpc) is 2.45. The van der Waals surface area contributed by atoms with Crippen LogP contribution in [0, 0.1) is 0 Å². The molecule has 1 rings (SSSR count). The van der Waals surface area contributed by atoms with Crippen molar-refractivity contribution in [1.29, 1.82) is 0 Å². The van der Waals surface area contributed by atoms with Gasteiger partial charge in [-0.2, -0.15) is 0 Å². The number of hydrogen-bond donors (Lipinski definition) is 0. The van der Waals surface area contributed by atoms with Crippen LogP contribution in [-0.2, 0) is 18.3 Å². The van der Waals surface area contributed by atoms with Crippen molar-refractivity contribution in [3.63, 3.8) is 0 Å². The number of hydrogen-bond acceptors (Lipinski definition) is 4. The van der Waals surface area contributed by atoms with E-state index < -0.39 is 21.7 Å². The molecule has 1 saturated heterocycles. The molecule has 104 valence electrons. The third-order valence-electron chi connectivity index (χ3n) is 4.17. The van der Waals surface area contributed by atoms with Crippen LogP contribution in [0.15, 0.2) is 24.6 Å². The van der Waals surface area contributed by atoms with E-state index in [2.05, 4.69) is 13.2 Å². The minimum absolute atomic E-state index is 0.814. The van der Waals surface area contributed by atoms with Gasteiger partial charge in [-0.3, -0.25) is 0 Å². The van der Waals surface area contributed by atoms with Gasteiger partial charge in [-0.25, -0.2) is 0 Å². The Morgan fingerprint density at radius 2 is 1.44 bits per heavy atom. The molecule has 0 unspecified atom stereocenters. The van der Waals surface area contributed by atoms with Crippen LogP contribution in [0.25, 0.3) is 0 Å². The lowest BCUT2D eigenvalue weighted by atomic mass is 10.6. The average molecular weight is 288 g/mol. The predicted octanol–water partition coefficient (Wildman–Crippen LogP) is 2.09. The first-order valence-electron chi connectivity index (χ1n) is 6.05. The van der Waals surface area contributed by atoms with Crippen LogP contribution in [0.2, 0.25) is 12.1 Å². The van der Waals surface area contributed by atoms with E-state index in [1.54, 1.807) is 28.4 Å². The zero-order valence-corrected chi connectivity index (χ0v) is 13.8. The summed E-state index contributed by atoms with van der Waals surface area (Å²) in [5.41, 5.74) is 3.96. The lowest BCUT2D eigenvalue weighted by molar-refractivity contribution is -0.123. The second-order valence-electron chi connectivity index (χ2n) is 4.49. The molecule has 1 heterocycles. The SMILES string of the molecule is C=C[Si]1(C=C)CCC[Si](OC)(OC)C1(OC)OC. The van der Waals surface area contributed by atoms with E-state index in [0.717, 1.165) is 18.5 Å². The highest BCUT2D eigenvalue weighted by Crippen LogP contribution is 2.46. The van der Waals surface area contributed by atoms with Gasteiger partial charge < -0.3 is 18.3 Å². The van der Waals surface area contributed by atoms with Gasteiger partial charge in [0, 0.05) is 28.4 Å². The summed E-state index contributed by atoms with van der Waals surface area (Å²) < 4.78 is 23.2. The fourth-order valence-corrected chi connectivity index (χ4v) is 14.0. The summed E-state index contributed by atoms with van der Waals surface area (Å²) >= 11 is 0. The van der Waals surface area contributed by atoms with Crippen LogP contribution in [0.4, 0.5) is 0 Å². The van der Waals surface area contributed by atoms with Crippen LogP contribution < -0.4 is 0 Å². The van der Waals surface area contributed by atoms with Crippen LogP contribution >= 0.6 is 0 Å². The summed E-state index contributed by atoms with van der Waals surface area (Å²) in [6.45, 7) is 7.99. The minimum atomic E-state index is -2.61. The predicted molar refractivity (Wildman–Crippen MR) is 76.9 cm³/mol. The van der Waals surface area contributed by atoms with Gasteiger partial charge in [0.15, 0.2) is 8.07 Å². The summed E-state index contributed by atoms with van der Waals surface area (Å²) in [6, 6.07) is 1.86. The molecule has 0 atom stereocenters. The first-order chi connectivity index (χ1) is 8.57. The standard InChI is InChI=1S/C12H24O4Si2/c1-7-17(8-2)10-9-11-18(15-5,16-6)12(17,13-3)14-4/h7-8H,1-2,9-11H2,3-6H3. The van der Waals surface area contributed by atoms with Crippen LogP contribution in [0.1, 0.15) is 6.42 Å². The lowest BCUT2D eigenvalue weighted by Crippen LogP contribution is -2.78. The Morgan fingerprint density at radius 3 is 1.78 bits per heavy atom. The van der Waals surface area contributed by atoms with Crippen molar-refractivity contribution in [2.45, 2.75) is 23.5 Å². The molecule has 0 aromatic heterocycles. The van der Waals surface area contributed by atoms with E-state index in [1.807, 2.05) is 11.4 Å². The maximum absolute atomic E-state index is 5.83. The maximum atomic E-state index is 5.83. The highest BCUT2D eigenvalue weighted by molar-refractivity contribution is 7.02. The molecule has 18 heavy (non-hydrogen) atoms. The minimum Gasteiger partial charge on any atom is -0.395 e. The third kappa shape index (κ3) is 1.79. The van der Waals surface area contributed by atoms with Gasteiger partial charge in [0.1, 0.15) is 0 Å². The molecular formula is C12H24O4Si2. The van der Waals surface area contributed by atoms with Crippen molar-refractivity contribution < 1.29 is 18.3 Å². The summed E-state index contributed by atoms with van der Waals surface area (Å²) in [5.74, 6) is 0. The normalized spacial score (nSPS) is 24.4. The molecule has 0 amide bonds. The Balaban J connectivity index is 3.47. The topological polar surface area (TPSA) is 36.9 Å². The fraction of sp³-hybridized carbons (Fsp3) is 0.667. The van der Waals surface area contributed by atoms with Crippen LogP contribution in [0.3, 0.4) is 0 Å². The zero-order chi connectivity index (χ0) is 13.9. The first kappa shape index (κ1) is 15.8. The van der Waals surface area contributed by atoms with E-state index in [4.69, 9.17) is 18.3 Å². The summed E-state index contributed by atoms with van der Waals surface area (Å²) in [7, 11) is 1.87. The second kappa shape index (κ2) is 5.81. The Bertz CT molecular complexity index is 303. The molecule has 1 aliphatic rings. The van der Waals surface area contributed by atoms with E-state index in [0.29, 0.717) is 0 Å². The molecule has 0 N–H and O–H groups in total. The van der Waals surface area contributed by atoms with Gasteiger partial charge in [0.05, 0.1) is 0 Å². The molecule has 1 fully saturated rings. The molecule has 0 aromatic carbocycles. The van der Waals surface area contributed by atoms with Crippen LogP contribution in [0.5, 0.6) is 0 Å². The van der Waals surface area contributed by atoms with Gasteiger partial charge in [-0.15, -0.1) is 13.2 Å². The Hall–Kier alpha value is -0.246. The molecule has 1 aliphatic heterocycles. The van der Waals surface area contributed by atoms with Crippen LogP contribution in [-0.4, -0.2) is 50.1 Å². The van der Waals surface area contributed by atoms with Gasteiger partial charge in [0.2, 0.25) is 5.03 Å². The molecule has 4 nitrogen and oxygen atoms in total. The van der Waals surface area contributed by atoms with E-state index in [1.165, 1.54) is 0 Å². The van der Waals surface area contributed by atoms with Gasteiger partial charge in [0.25, 0.3) is 0 Å². The van der Waals surface area contributed by atoms with E-state index >= 15 is 0 Å². The number of methoxy groups -OCH3 is 2. The van der Waals surface area contributed by atoms with Gasteiger partial charge in [-0.1, -0.05) is 17.8 Å². The van der Waals surface area contributed by atoms with Crippen molar-refractivity contribution in [2.75, 3.05) is 28.4 Å². The molecule has 6 heteroatoms. The fourth-order valence-electron chi connectivity index (χ4n) is 3.18. The van der Waals surface area contributed by atoms with E-state index in [-0.39, 0.29) is 0 Å². The molecule has 0 spiro atoms. The quantitative estimate of drug-likeness (QED) is 0.554. The first-order valence-corrected chi connectivity index (χ1v) is 10.4. The largest absolute Gasteiger partial charge is 0.395 e. The Kier molecular flexibility index (Phi) is 5.10. The lowest BCUT2D eigenvalue weighted by Gasteiger charge is -2.54. The third-order valence-corrected chi connectivity index (χ3v) is 14.7. The summed E-state index contributed by atoms with van der Waals surface area (Å²) in [4.78, 5) is 0. The number of ether oxygens (including phenoxy) is 2. The molecular weight excluding hydrogens is 264 g/mol. The van der Waals surface area contributed by atoms with Gasteiger partial charge >= 0.3 is 8.56 Å². The maximum Gasteiger partial charge on any atom is 0.395 e. The molecule has 0 aromatic rings. The van der Waals surface area contributed by atoms with Crippen molar-refractivity contribution >= 4 is 16.6 Å². The van der Waals surface area contributed by atoms with Crippen molar-refractivity contribution in [1.82, 2.24) is 0 Å². The summed E-state index contributed by atoms with van der Waals surface area (Å²) in [5, 5.41) is -0.814. The molecule has 0 aliphatic carbocycles. The smallest absolute Gasteiger partial charge is 0.395 e. The van der Waals surface area contributed by atoms with Crippen molar-refractivity contribution in [2.24, 2.45) is 0 Å². The zero-order valence-electron chi connectivity index (χ0n) is 11.8. The Labute approximate surface area is 112 Å². The van der Waals surface area contributed by atoms with Crippen molar-refractivity contribution in [3.8, 4) is 0 Å². The highest BCUT2D eigenvalue weighted by atomic mass is 28.4.